The summed E-state index contributed by atoms with van der Waals surface area (Å²) >= 11 is 0. The van der Waals surface area contributed by atoms with Gasteiger partial charge in [-0.05, 0) is 48.8 Å². The summed E-state index contributed by atoms with van der Waals surface area (Å²) in [6.07, 6.45) is 3.95. The summed E-state index contributed by atoms with van der Waals surface area (Å²) in [6, 6.07) is 9.61. The van der Waals surface area contributed by atoms with Gasteiger partial charge in [-0.1, -0.05) is 38.1 Å². The van der Waals surface area contributed by atoms with Crippen LogP contribution in [-0.4, -0.2) is 31.1 Å². The minimum Gasteiger partial charge on any atom is -0.316 e. The van der Waals surface area contributed by atoms with Gasteiger partial charge in [-0.25, -0.2) is 0 Å². The molecule has 1 N–H and O–H groups in total. The van der Waals surface area contributed by atoms with Gasteiger partial charge >= 0.3 is 0 Å². The zero-order valence-electron chi connectivity index (χ0n) is 13.2. The number of fused-ring (bicyclic) bond motifs is 1. The fraction of sp³-hybridized carbons (Fsp3) is 0.667. The monoisotopic (exact) mass is 272 g/mol. The molecule has 1 aromatic carbocycles. The van der Waals surface area contributed by atoms with Crippen molar-refractivity contribution in [3.63, 3.8) is 0 Å². The molecule has 0 saturated heterocycles. The zero-order chi connectivity index (χ0) is 14.2. The molecule has 0 spiro atoms. The van der Waals surface area contributed by atoms with Crippen molar-refractivity contribution in [3.05, 3.63) is 35.4 Å². The Morgan fingerprint density at radius 1 is 1.25 bits per heavy atom. The van der Waals surface area contributed by atoms with Gasteiger partial charge in [0.05, 0.1) is 0 Å². The highest BCUT2D eigenvalue weighted by molar-refractivity contribution is 5.29. The Labute approximate surface area is 123 Å². The first-order valence-electron chi connectivity index (χ1n) is 8.06. The number of rotatable bonds is 3. The molecule has 1 aliphatic carbocycles. The van der Waals surface area contributed by atoms with E-state index in [1.165, 1.54) is 37.9 Å². The van der Waals surface area contributed by atoms with Crippen molar-refractivity contribution in [2.24, 2.45) is 11.3 Å². The van der Waals surface area contributed by atoms with Crippen LogP contribution in [0, 0.1) is 11.3 Å². The molecule has 2 unspecified atom stereocenters. The molecule has 1 aliphatic heterocycles. The highest BCUT2D eigenvalue weighted by Gasteiger charge is 2.41. The average molecular weight is 272 g/mol. The molecule has 1 aromatic rings. The first kappa shape index (κ1) is 14.1. The Hall–Kier alpha value is -0.860. The predicted molar refractivity (Wildman–Crippen MR) is 84.8 cm³/mol. The van der Waals surface area contributed by atoms with E-state index in [1.807, 2.05) is 0 Å². The van der Waals surface area contributed by atoms with Crippen LogP contribution in [0.4, 0.5) is 0 Å². The molecule has 0 aromatic heterocycles. The lowest BCUT2D eigenvalue weighted by Gasteiger charge is -2.35. The van der Waals surface area contributed by atoms with Crippen LogP contribution < -0.4 is 5.32 Å². The molecule has 2 aliphatic rings. The first-order valence-corrected chi connectivity index (χ1v) is 8.06. The summed E-state index contributed by atoms with van der Waals surface area (Å²) in [5, 5.41) is 3.59. The maximum Gasteiger partial charge on any atom is 0.0236 e. The summed E-state index contributed by atoms with van der Waals surface area (Å²) in [6.45, 7) is 8.45. The predicted octanol–water partition coefficient (Wildman–Crippen LogP) is 3.07. The Morgan fingerprint density at radius 2 is 2.00 bits per heavy atom. The van der Waals surface area contributed by atoms with Gasteiger partial charge < -0.3 is 5.32 Å². The van der Waals surface area contributed by atoms with Crippen LogP contribution in [0.15, 0.2) is 24.3 Å². The minimum absolute atomic E-state index is 0.451. The third-order valence-corrected chi connectivity index (χ3v) is 5.49. The lowest BCUT2D eigenvalue weighted by Crippen LogP contribution is -2.45. The molecule has 2 nitrogen and oxygen atoms in total. The number of nitrogens with zero attached hydrogens (tertiary/aromatic N) is 1. The molecule has 110 valence electrons. The van der Waals surface area contributed by atoms with Crippen molar-refractivity contribution in [2.75, 3.05) is 20.1 Å². The van der Waals surface area contributed by atoms with Crippen LogP contribution in [-0.2, 0) is 13.0 Å². The smallest absolute Gasteiger partial charge is 0.0236 e. The van der Waals surface area contributed by atoms with Gasteiger partial charge in [0.2, 0.25) is 0 Å². The summed E-state index contributed by atoms with van der Waals surface area (Å²) < 4.78 is 0. The normalized spacial score (nSPS) is 29.4. The molecule has 0 radical (unpaired) electrons. The lowest BCUT2D eigenvalue weighted by molar-refractivity contribution is 0.178. The highest BCUT2D eigenvalue weighted by Crippen LogP contribution is 2.41. The summed E-state index contributed by atoms with van der Waals surface area (Å²) in [5.74, 6) is 0.806. The zero-order valence-corrected chi connectivity index (χ0v) is 13.2. The van der Waals surface area contributed by atoms with Crippen LogP contribution in [0.2, 0.25) is 0 Å². The molecular weight excluding hydrogens is 244 g/mol. The van der Waals surface area contributed by atoms with Crippen LogP contribution in [0.25, 0.3) is 0 Å². The van der Waals surface area contributed by atoms with E-state index in [-0.39, 0.29) is 0 Å². The van der Waals surface area contributed by atoms with Crippen LogP contribution >= 0.6 is 0 Å². The Kier molecular flexibility index (Phi) is 3.87. The molecule has 20 heavy (non-hydrogen) atoms. The van der Waals surface area contributed by atoms with E-state index in [2.05, 4.69) is 55.4 Å². The van der Waals surface area contributed by atoms with Crippen molar-refractivity contribution in [1.82, 2.24) is 10.2 Å². The van der Waals surface area contributed by atoms with Crippen LogP contribution in [0.5, 0.6) is 0 Å². The fourth-order valence-corrected chi connectivity index (χ4v) is 4.38. The molecular formula is C18H28N2. The van der Waals surface area contributed by atoms with Crippen LogP contribution in [0.3, 0.4) is 0 Å². The average Bonchev–Trinajstić information content (AvgIpc) is 2.73. The number of hydrogen-bond donors (Lipinski definition) is 1. The molecule has 1 fully saturated rings. The maximum absolute atomic E-state index is 3.59. The second kappa shape index (κ2) is 5.50. The van der Waals surface area contributed by atoms with E-state index in [4.69, 9.17) is 0 Å². The maximum atomic E-state index is 3.59. The Balaban J connectivity index is 1.65. The van der Waals surface area contributed by atoms with E-state index >= 15 is 0 Å². The van der Waals surface area contributed by atoms with E-state index in [0.29, 0.717) is 11.5 Å². The van der Waals surface area contributed by atoms with Crippen molar-refractivity contribution in [1.29, 1.82) is 0 Å². The fourth-order valence-electron chi connectivity index (χ4n) is 4.38. The molecule has 0 amide bonds. The Morgan fingerprint density at radius 3 is 2.75 bits per heavy atom. The number of hydrogen-bond acceptors (Lipinski definition) is 2. The largest absolute Gasteiger partial charge is 0.316 e. The van der Waals surface area contributed by atoms with Crippen molar-refractivity contribution < 1.29 is 0 Å². The first-order chi connectivity index (χ1) is 9.60. The second-order valence-electron chi connectivity index (χ2n) is 7.31. The molecule has 2 atom stereocenters. The van der Waals surface area contributed by atoms with Gasteiger partial charge in [0.25, 0.3) is 0 Å². The van der Waals surface area contributed by atoms with Gasteiger partial charge in [-0.15, -0.1) is 0 Å². The third-order valence-electron chi connectivity index (χ3n) is 5.49. The molecule has 1 heterocycles. The van der Waals surface area contributed by atoms with Crippen LogP contribution in [0.1, 0.15) is 37.8 Å². The van der Waals surface area contributed by atoms with Crippen molar-refractivity contribution >= 4 is 0 Å². The van der Waals surface area contributed by atoms with Crippen molar-refractivity contribution in [2.45, 2.75) is 45.7 Å². The SMILES string of the molecule is CNC1C(CN2CCc3ccccc3C2)CCC1(C)C. The highest BCUT2D eigenvalue weighted by atomic mass is 15.1. The molecule has 2 heteroatoms. The number of benzene rings is 1. The van der Waals surface area contributed by atoms with Gasteiger partial charge in [-0.3, -0.25) is 4.90 Å². The van der Waals surface area contributed by atoms with Gasteiger partial charge in [0.15, 0.2) is 0 Å². The van der Waals surface area contributed by atoms with E-state index in [9.17, 15) is 0 Å². The van der Waals surface area contributed by atoms with Crippen molar-refractivity contribution in [3.8, 4) is 0 Å². The Bertz CT molecular complexity index is 466. The standard InChI is InChI=1S/C18H28N2/c1-18(2)10-8-16(17(18)19-3)13-20-11-9-14-6-4-5-7-15(14)12-20/h4-7,16-17,19H,8-13H2,1-3H3. The molecule has 3 rings (SSSR count). The van der Waals surface area contributed by atoms with Gasteiger partial charge in [-0.2, -0.15) is 0 Å². The second-order valence-corrected chi connectivity index (χ2v) is 7.31. The summed E-state index contributed by atoms with van der Waals surface area (Å²) in [7, 11) is 2.14. The van der Waals surface area contributed by atoms with E-state index in [1.54, 1.807) is 5.56 Å². The van der Waals surface area contributed by atoms with E-state index < -0.39 is 0 Å². The van der Waals surface area contributed by atoms with Gasteiger partial charge in [0.1, 0.15) is 0 Å². The summed E-state index contributed by atoms with van der Waals surface area (Å²) in [4.78, 5) is 2.67. The van der Waals surface area contributed by atoms with Gasteiger partial charge in [0, 0.05) is 25.7 Å². The quantitative estimate of drug-likeness (QED) is 0.910. The molecule has 1 saturated carbocycles. The summed E-state index contributed by atoms with van der Waals surface area (Å²) in [5.41, 5.74) is 3.55. The number of nitrogens with one attached hydrogen (secondary N) is 1. The molecule has 0 bridgehead atoms. The van der Waals surface area contributed by atoms with E-state index in [0.717, 1.165) is 12.5 Å². The lowest BCUT2D eigenvalue weighted by atomic mass is 9.84. The minimum atomic E-state index is 0.451. The topological polar surface area (TPSA) is 15.3 Å². The third kappa shape index (κ3) is 2.64.